The van der Waals surface area contributed by atoms with E-state index in [4.69, 9.17) is 22.1 Å². The lowest BCUT2D eigenvalue weighted by Gasteiger charge is -2.16. The largest absolute Gasteiger partial charge is 0.434 e. The SMILES string of the molecule is Nc1c(NCc2ccccc2Cl)nc(OCC(F)(F)F)[nH+]c1N1CCC(O)C1. The number of nitrogens with two attached hydrogens (primary N) is 1. The van der Waals surface area contributed by atoms with Crippen molar-refractivity contribution in [2.45, 2.75) is 25.2 Å². The van der Waals surface area contributed by atoms with Crippen molar-refractivity contribution in [3.63, 3.8) is 0 Å². The minimum atomic E-state index is -4.51. The molecule has 1 aromatic carbocycles. The summed E-state index contributed by atoms with van der Waals surface area (Å²) in [7, 11) is 0. The van der Waals surface area contributed by atoms with Gasteiger partial charge in [-0.05, 0) is 16.6 Å². The molecule has 0 bridgehead atoms. The molecule has 7 nitrogen and oxygen atoms in total. The molecule has 1 aliphatic rings. The summed E-state index contributed by atoms with van der Waals surface area (Å²) >= 11 is 6.13. The van der Waals surface area contributed by atoms with E-state index < -0.39 is 18.9 Å². The molecule has 1 saturated heterocycles. The van der Waals surface area contributed by atoms with Crippen LogP contribution in [0.4, 0.5) is 30.5 Å². The number of β-amino-alcohol motifs (C(OH)–C–C–N with tert-alkyl or cyclic N) is 1. The highest BCUT2D eigenvalue weighted by Gasteiger charge is 2.33. The first-order valence-corrected chi connectivity index (χ1v) is 8.93. The van der Waals surface area contributed by atoms with Crippen LogP contribution in [0.15, 0.2) is 24.3 Å². The first kappa shape index (κ1) is 20.3. The fourth-order valence-corrected chi connectivity index (χ4v) is 3.04. The monoisotopic (exact) mass is 418 g/mol. The summed E-state index contributed by atoms with van der Waals surface area (Å²) in [6, 6.07) is 6.80. The second-order valence-electron chi connectivity index (χ2n) is 6.39. The van der Waals surface area contributed by atoms with Crippen LogP contribution in [0, 0.1) is 0 Å². The first-order valence-electron chi connectivity index (χ1n) is 8.55. The number of aliphatic hydroxyl groups is 1. The number of nitrogens with one attached hydrogen (secondary N) is 2. The highest BCUT2D eigenvalue weighted by molar-refractivity contribution is 6.31. The number of aromatic nitrogens is 2. The van der Waals surface area contributed by atoms with Gasteiger partial charge in [-0.1, -0.05) is 29.8 Å². The molecule has 1 aliphatic heterocycles. The molecule has 11 heteroatoms. The predicted molar refractivity (Wildman–Crippen MR) is 98.4 cm³/mol. The van der Waals surface area contributed by atoms with E-state index in [0.29, 0.717) is 30.4 Å². The Labute approximate surface area is 164 Å². The molecule has 1 unspecified atom stereocenters. The molecule has 0 aliphatic carbocycles. The third-order valence-corrected chi connectivity index (χ3v) is 4.57. The number of halogens is 4. The van der Waals surface area contributed by atoms with E-state index in [1.54, 1.807) is 23.1 Å². The van der Waals surface area contributed by atoms with Gasteiger partial charge in [0.05, 0.1) is 19.2 Å². The van der Waals surface area contributed by atoms with Crippen LogP contribution in [0.3, 0.4) is 0 Å². The number of H-pyrrole nitrogens is 1. The van der Waals surface area contributed by atoms with Crippen LogP contribution in [-0.4, -0.2) is 42.1 Å². The Bertz CT molecular complexity index is 837. The van der Waals surface area contributed by atoms with Gasteiger partial charge in [-0.2, -0.15) is 13.2 Å². The summed E-state index contributed by atoms with van der Waals surface area (Å²) in [5.41, 5.74) is 7.15. The Kier molecular flexibility index (Phi) is 5.99. The average molecular weight is 419 g/mol. The standard InChI is InChI=1S/C17H19ClF3N5O2/c18-12-4-2-1-3-10(12)7-23-14-13(22)15(26-6-5-11(27)8-26)25-16(24-14)28-9-17(19,20)21/h1-4,11,27H,5-9,22H2,(H,23,24,25)/p+1. The zero-order valence-electron chi connectivity index (χ0n) is 14.8. The molecule has 3 rings (SSSR count). The van der Waals surface area contributed by atoms with Gasteiger partial charge in [-0.15, -0.1) is 0 Å². The maximum atomic E-state index is 12.5. The third kappa shape index (κ3) is 5.08. The molecule has 1 aromatic heterocycles. The molecule has 152 valence electrons. The number of ether oxygens (including phenoxy) is 1. The Morgan fingerprint density at radius 3 is 2.79 bits per heavy atom. The number of nitrogens with zero attached hydrogens (tertiary/aromatic N) is 2. The quantitative estimate of drug-likeness (QED) is 0.665. The number of benzene rings is 1. The van der Waals surface area contributed by atoms with Gasteiger partial charge in [0.25, 0.3) is 5.82 Å². The lowest BCUT2D eigenvalue weighted by molar-refractivity contribution is -0.389. The Morgan fingerprint density at radius 1 is 1.39 bits per heavy atom. The van der Waals surface area contributed by atoms with Gasteiger partial charge < -0.3 is 20.9 Å². The van der Waals surface area contributed by atoms with E-state index in [9.17, 15) is 18.3 Å². The zero-order valence-corrected chi connectivity index (χ0v) is 15.5. The van der Waals surface area contributed by atoms with Crippen molar-refractivity contribution in [2.24, 2.45) is 0 Å². The predicted octanol–water partition coefficient (Wildman–Crippen LogP) is 2.26. The normalized spacial score (nSPS) is 17.0. The summed E-state index contributed by atoms with van der Waals surface area (Å²) in [4.78, 5) is 8.45. The molecule has 0 amide bonds. The highest BCUT2D eigenvalue weighted by atomic mass is 35.5. The molecule has 5 N–H and O–H groups in total. The van der Waals surface area contributed by atoms with Gasteiger partial charge in [0.15, 0.2) is 12.3 Å². The summed E-state index contributed by atoms with van der Waals surface area (Å²) in [6.07, 6.45) is -4.52. The van der Waals surface area contributed by atoms with E-state index in [2.05, 4.69) is 15.3 Å². The second kappa shape index (κ2) is 8.27. The summed E-state index contributed by atoms with van der Waals surface area (Å²) < 4.78 is 42.3. The lowest BCUT2D eigenvalue weighted by atomic mass is 10.2. The van der Waals surface area contributed by atoms with E-state index in [0.717, 1.165) is 5.56 Å². The summed E-state index contributed by atoms with van der Waals surface area (Å²) in [5.74, 6) is 0.498. The average Bonchev–Trinajstić information content (AvgIpc) is 3.06. The minimum Gasteiger partial charge on any atom is -0.431 e. The van der Waals surface area contributed by atoms with Gasteiger partial charge in [0, 0.05) is 18.0 Å². The first-order chi connectivity index (χ1) is 13.2. The van der Waals surface area contributed by atoms with Crippen LogP contribution in [0.2, 0.25) is 5.02 Å². The van der Waals surface area contributed by atoms with Gasteiger partial charge in [0.2, 0.25) is 5.82 Å². The Hall–Kier alpha value is -2.46. The Balaban J connectivity index is 1.87. The van der Waals surface area contributed by atoms with Crippen LogP contribution in [0.1, 0.15) is 12.0 Å². The number of rotatable bonds is 6. The molecule has 1 atom stereocenters. The molecule has 0 spiro atoms. The molecule has 2 aromatic rings. The van der Waals surface area contributed by atoms with Crippen LogP contribution in [0.5, 0.6) is 6.01 Å². The van der Waals surface area contributed by atoms with Gasteiger partial charge >= 0.3 is 12.2 Å². The van der Waals surface area contributed by atoms with Crippen molar-refractivity contribution >= 4 is 28.9 Å². The number of anilines is 3. The Morgan fingerprint density at radius 2 is 2.14 bits per heavy atom. The lowest BCUT2D eigenvalue weighted by Crippen LogP contribution is -2.32. The zero-order chi connectivity index (χ0) is 20.3. The van der Waals surface area contributed by atoms with Crippen molar-refractivity contribution in [3.8, 4) is 6.01 Å². The number of nitrogen functional groups attached to an aromatic ring is 1. The molecule has 28 heavy (non-hydrogen) atoms. The third-order valence-electron chi connectivity index (χ3n) is 4.21. The van der Waals surface area contributed by atoms with E-state index in [1.165, 1.54) is 0 Å². The smallest absolute Gasteiger partial charge is 0.431 e. The van der Waals surface area contributed by atoms with Crippen molar-refractivity contribution in [1.29, 1.82) is 0 Å². The highest BCUT2D eigenvalue weighted by Crippen LogP contribution is 2.30. The number of hydrogen-bond acceptors (Lipinski definition) is 6. The topological polar surface area (TPSA) is 97.8 Å². The summed E-state index contributed by atoms with van der Waals surface area (Å²) in [5, 5.41) is 13.3. The molecule has 0 radical (unpaired) electrons. The maximum absolute atomic E-state index is 12.5. The fraction of sp³-hybridized carbons (Fsp3) is 0.412. The van der Waals surface area contributed by atoms with E-state index >= 15 is 0 Å². The molecular weight excluding hydrogens is 399 g/mol. The van der Waals surface area contributed by atoms with Crippen LogP contribution in [-0.2, 0) is 6.54 Å². The van der Waals surface area contributed by atoms with Gasteiger partial charge in [-0.3, -0.25) is 4.90 Å². The maximum Gasteiger partial charge on any atom is 0.434 e. The molecule has 1 fully saturated rings. The van der Waals surface area contributed by atoms with Gasteiger partial charge in [-0.25, -0.2) is 4.98 Å². The molecular formula is C17H20ClF3N5O2+. The minimum absolute atomic E-state index is 0.159. The van der Waals surface area contributed by atoms with Crippen molar-refractivity contribution < 1.29 is 28.0 Å². The van der Waals surface area contributed by atoms with Crippen LogP contribution >= 0.6 is 11.6 Å². The van der Waals surface area contributed by atoms with Crippen molar-refractivity contribution in [1.82, 2.24) is 4.98 Å². The molecule has 2 heterocycles. The van der Waals surface area contributed by atoms with E-state index in [1.807, 2.05) is 6.07 Å². The summed E-state index contributed by atoms with van der Waals surface area (Å²) in [6.45, 7) is -0.435. The number of aromatic amines is 1. The fourth-order valence-electron chi connectivity index (χ4n) is 2.84. The number of alkyl halides is 3. The second-order valence-corrected chi connectivity index (χ2v) is 6.80. The van der Waals surface area contributed by atoms with E-state index in [-0.39, 0.29) is 24.1 Å². The van der Waals surface area contributed by atoms with Gasteiger partial charge in [0.1, 0.15) is 0 Å². The van der Waals surface area contributed by atoms with Crippen molar-refractivity contribution in [3.05, 3.63) is 34.9 Å². The molecule has 0 saturated carbocycles. The number of aliphatic hydroxyl groups excluding tert-OH is 1. The van der Waals surface area contributed by atoms with Crippen LogP contribution < -0.4 is 25.7 Å². The van der Waals surface area contributed by atoms with Crippen LogP contribution in [0.25, 0.3) is 0 Å². The van der Waals surface area contributed by atoms with Crippen molar-refractivity contribution in [2.75, 3.05) is 35.6 Å². The number of hydrogen-bond donors (Lipinski definition) is 3.